The van der Waals surface area contributed by atoms with Crippen LogP contribution in [0.15, 0.2) is 53.6 Å². The standard InChI is InChI=1S/C26H27FN6O4/c1-37-21-11-4-16(27)12-20(21)25(35)29-13-15-2-5-17(6-3-15)32-22-23(28)30-14-31-24(22)33(26(32)36)18-7-9-19(34)10-8-18/h2-6,11-12,14,18-19,34H,7-10,13H2,1H3,(H,29,35)(H2,28,30,31). The van der Waals surface area contributed by atoms with Crippen LogP contribution in [0.4, 0.5) is 10.2 Å². The number of nitrogen functional groups attached to an aromatic ring is 1. The summed E-state index contributed by atoms with van der Waals surface area (Å²) >= 11 is 0. The highest BCUT2D eigenvalue weighted by molar-refractivity contribution is 5.96. The van der Waals surface area contributed by atoms with Gasteiger partial charge in [0.25, 0.3) is 5.91 Å². The molecule has 1 aliphatic rings. The summed E-state index contributed by atoms with van der Waals surface area (Å²) in [7, 11) is 1.41. The number of fused-ring (bicyclic) bond motifs is 1. The van der Waals surface area contributed by atoms with Crippen LogP contribution in [0.2, 0.25) is 0 Å². The first kappa shape index (κ1) is 24.4. The average molecular weight is 507 g/mol. The first-order valence-electron chi connectivity index (χ1n) is 12.0. The summed E-state index contributed by atoms with van der Waals surface area (Å²) in [4.78, 5) is 34.7. The number of carbonyl (C=O) groups is 1. The van der Waals surface area contributed by atoms with Crippen LogP contribution in [0, 0.1) is 5.82 Å². The summed E-state index contributed by atoms with van der Waals surface area (Å²) in [5, 5.41) is 12.7. The molecule has 2 heterocycles. The number of benzene rings is 2. The molecule has 1 amide bonds. The van der Waals surface area contributed by atoms with Crippen LogP contribution in [0.5, 0.6) is 5.75 Å². The Morgan fingerprint density at radius 1 is 1.16 bits per heavy atom. The van der Waals surface area contributed by atoms with Gasteiger partial charge in [-0.25, -0.2) is 19.2 Å². The molecule has 192 valence electrons. The minimum Gasteiger partial charge on any atom is -0.496 e. The molecular formula is C26H27FN6O4. The van der Waals surface area contributed by atoms with Crippen LogP contribution in [-0.2, 0) is 6.54 Å². The number of amides is 1. The lowest BCUT2D eigenvalue weighted by Crippen LogP contribution is -2.30. The molecule has 0 atom stereocenters. The molecule has 1 fully saturated rings. The average Bonchev–Trinajstić information content (AvgIpc) is 3.21. The zero-order valence-electron chi connectivity index (χ0n) is 20.2. The molecule has 4 N–H and O–H groups in total. The highest BCUT2D eigenvalue weighted by atomic mass is 19.1. The third-order valence-corrected chi connectivity index (χ3v) is 6.77. The SMILES string of the molecule is COc1ccc(F)cc1C(=O)NCc1ccc(-n2c(=O)n(C3CCC(O)CC3)c3ncnc(N)c32)cc1. The van der Waals surface area contributed by atoms with Gasteiger partial charge in [0.15, 0.2) is 11.5 Å². The van der Waals surface area contributed by atoms with Gasteiger partial charge in [-0.15, -0.1) is 0 Å². The molecule has 0 bridgehead atoms. The van der Waals surface area contributed by atoms with Crippen molar-refractivity contribution >= 4 is 22.9 Å². The van der Waals surface area contributed by atoms with Gasteiger partial charge in [-0.3, -0.25) is 13.9 Å². The second-order valence-corrected chi connectivity index (χ2v) is 9.08. The number of aliphatic hydroxyl groups is 1. The summed E-state index contributed by atoms with van der Waals surface area (Å²) in [6.07, 6.45) is 3.56. The number of hydrogen-bond acceptors (Lipinski definition) is 7. The molecule has 0 unspecified atom stereocenters. The Bertz CT molecular complexity index is 1510. The Balaban J connectivity index is 1.42. The van der Waals surface area contributed by atoms with E-state index in [1.807, 2.05) is 0 Å². The van der Waals surface area contributed by atoms with Crippen LogP contribution in [0.1, 0.15) is 47.6 Å². The fourth-order valence-corrected chi connectivity index (χ4v) is 4.85. The van der Waals surface area contributed by atoms with E-state index in [0.717, 1.165) is 11.6 Å². The highest BCUT2D eigenvalue weighted by Crippen LogP contribution is 2.31. The van der Waals surface area contributed by atoms with Gasteiger partial charge in [0.05, 0.1) is 24.5 Å². The highest BCUT2D eigenvalue weighted by Gasteiger charge is 2.27. The van der Waals surface area contributed by atoms with Gasteiger partial charge in [0, 0.05) is 12.6 Å². The largest absolute Gasteiger partial charge is 0.496 e. The zero-order chi connectivity index (χ0) is 26.1. The Hall–Kier alpha value is -4.25. The number of hydrogen-bond donors (Lipinski definition) is 3. The van der Waals surface area contributed by atoms with Crippen LogP contribution >= 0.6 is 0 Å². The van der Waals surface area contributed by atoms with E-state index >= 15 is 0 Å². The van der Waals surface area contributed by atoms with Crippen molar-refractivity contribution in [3.63, 3.8) is 0 Å². The van der Waals surface area contributed by atoms with E-state index in [1.165, 1.54) is 30.1 Å². The number of aliphatic hydroxyl groups excluding tert-OH is 1. The van der Waals surface area contributed by atoms with E-state index in [2.05, 4.69) is 15.3 Å². The second-order valence-electron chi connectivity index (χ2n) is 9.08. The van der Waals surface area contributed by atoms with Crippen molar-refractivity contribution in [2.75, 3.05) is 12.8 Å². The number of nitrogens with two attached hydrogens (primary N) is 1. The van der Waals surface area contributed by atoms with Crippen molar-refractivity contribution in [2.24, 2.45) is 0 Å². The lowest BCUT2D eigenvalue weighted by Gasteiger charge is -2.25. The molecule has 0 spiro atoms. The molecule has 2 aromatic carbocycles. The topological polar surface area (TPSA) is 137 Å². The molecule has 1 saturated carbocycles. The summed E-state index contributed by atoms with van der Waals surface area (Å²) in [6.45, 7) is 0.186. The number of anilines is 1. The van der Waals surface area contributed by atoms with Crippen molar-refractivity contribution in [2.45, 2.75) is 44.4 Å². The number of rotatable bonds is 6. The minimum absolute atomic E-state index is 0.0942. The van der Waals surface area contributed by atoms with Gasteiger partial charge < -0.3 is 20.9 Å². The minimum atomic E-state index is -0.535. The molecule has 2 aromatic heterocycles. The maximum absolute atomic E-state index is 13.6. The van der Waals surface area contributed by atoms with Crippen molar-refractivity contribution in [1.29, 1.82) is 0 Å². The molecule has 0 radical (unpaired) electrons. The zero-order valence-corrected chi connectivity index (χ0v) is 20.2. The monoisotopic (exact) mass is 506 g/mol. The fraction of sp³-hybridized carbons (Fsp3) is 0.308. The molecule has 0 saturated heterocycles. The van der Waals surface area contributed by atoms with E-state index < -0.39 is 11.7 Å². The van der Waals surface area contributed by atoms with Crippen LogP contribution in [-0.4, -0.2) is 43.3 Å². The summed E-state index contributed by atoms with van der Waals surface area (Å²) in [6, 6.07) is 10.7. The summed E-state index contributed by atoms with van der Waals surface area (Å²) < 4.78 is 21.9. The maximum Gasteiger partial charge on any atom is 0.335 e. The molecule has 1 aliphatic carbocycles. The van der Waals surface area contributed by atoms with Gasteiger partial charge in [-0.05, 0) is 61.6 Å². The number of imidazole rings is 1. The van der Waals surface area contributed by atoms with Crippen molar-refractivity contribution in [3.05, 3.63) is 76.2 Å². The molecular weight excluding hydrogens is 479 g/mol. The van der Waals surface area contributed by atoms with Crippen LogP contribution < -0.4 is 21.5 Å². The predicted molar refractivity (Wildman–Crippen MR) is 135 cm³/mol. The summed E-state index contributed by atoms with van der Waals surface area (Å²) in [5.41, 5.74) is 8.24. The van der Waals surface area contributed by atoms with Crippen molar-refractivity contribution in [3.8, 4) is 11.4 Å². The number of aromatic nitrogens is 4. The number of nitrogens with one attached hydrogen (secondary N) is 1. The number of carbonyl (C=O) groups excluding carboxylic acids is 1. The number of halogens is 1. The molecule has 0 aliphatic heterocycles. The molecule has 37 heavy (non-hydrogen) atoms. The Labute approximate surface area is 211 Å². The molecule has 11 heteroatoms. The van der Waals surface area contributed by atoms with E-state index in [9.17, 15) is 19.1 Å². The van der Waals surface area contributed by atoms with Gasteiger partial charge in [0.1, 0.15) is 23.4 Å². The predicted octanol–water partition coefficient (Wildman–Crippen LogP) is 2.72. The number of nitrogens with zero attached hydrogens (tertiary/aromatic N) is 4. The third-order valence-electron chi connectivity index (χ3n) is 6.77. The summed E-state index contributed by atoms with van der Waals surface area (Å²) in [5.74, 6) is -0.538. The van der Waals surface area contributed by atoms with Crippen molar-refractivity contribution in [1.82, 2.24) is 24.4 Å². The van der Waals surface area contributed by atoms with Gasteiger partial charge in [-0.2, -0.15) is 0 Å². The quantitative estimate of drug-likeness (QED) is 0.366. The van der Waals surface area contributed by atoms with E-state index in [1.54, 1.807) is 28.8 Å². The lowest BCUT2D eigenvalue weighted by atomic mass is 9.93. The van der Waals surface area contributed by atoms with E-state index in [0.29, 0.717) is 42.5 Å². The third kappa shape index (κ3) is 4.65. The maximum atomic E-state index is 13.6. The van der Waals surface area contributed by atoms with Crippen LogP contribution in [0.3, 0.4) is 0 Å². The molecule has 4 aromatic rings. The number of methoxy groups -OCH3 is 1. The Kier molecular flexibility index (Phi) is 6.62. The Morgan fingerprint density at radius 2 is 1.89 bits per heavy atom. The normalized spacial score (nSPS) is 17.6. The first-order valence-corrected chi connectivity index (χ1v) is 12.0. The van der Waals surface area contributed by atoms with Crippen molar-refractivity contribution < 1.29 is 19.0 Å². The smallest absolute Gasteiger partial charge is 0.335 e. The van der Waals surface area contributed by atoms with Crippen LogP contribution in [0.25, 0.3) is 16.9 Å². The Morgan fingerprint density at radius 3 is 2.59 bits per heavy atom. The number of ether oxygens (including phenoxy) is 1. The van der Waals surface area contributed by atoms with Gasteiger partial charge >= 0.3 is 5.69 Å². The first-order chi connectivity index (χ1) is 17.9. The lowest BCUT2D eigenvalue weighted by molar-refractivity contribution is 0.0947. The van der Waals surface area contributed by atoms with E-state index in [4.69, 9.17) is 10.5 Å². The fourth-order valence-electron chi connectivity index (χ4n) is 4.85. The van der Waals surface area contributed by atoms with Gasteiger partial charge in [-0.1, -0.05) is 12.1 Å². The molecule has 5 rings (SSSR count). The second kappa shape index (κ2) is 10.0. The molecule has 10 nitrogen and oxygen atoms in total. The van der Waals surface area contributed by atoms with Gasteiger partial charge in [0.2, 0.25) is 0 Å². The van der Waals surface area contributed by atoms with E-state index in [-0.39, 0.29) is 41.5 Å².